The van der Waals surface area contributed by atoms with E-state index in [1.165, 1.54) is 11.3 Å². The molecular formula is C17H24N4O2S. The molecule has 130 valence electrons. The summed E-state index contributed by atoms with van der Waals surface area (Å²) in [4.78, 5) is 19.1. The lowest BCUT2D eigenvalue weighted by molar-refractivity contribution is -0.117. The second-order valence-corrected chi connectivity index (χ2v) is 8.19. The van der Waals surface area contributed by atoms with Gasteiger partial charge >= 0.3 is 0 Å². The largest absolute Gasteiger partial charge is 0.361 e. The van der Waals surface area contributed by atoms with Crippen LogP contribution in [0.15, 0.2) is 16.0 Å². The molecule has 1 N–H and O–H groups in total. The van der Waals surface area contributed by atoms with Gasteiger partial charge < -0.3 is 9.84 Å². The summed E-state index contributed by atoms with van der Waals surface area (Å²) in [6.07, 6.45) is 2.07. The number of hydrogen-bond donors (Lipinski definition) is 1. The van der Waals surface area contributed by atoms with Crippen molar-refractivity contribution in [2.24, 2.45) is 0 Å². The molecule has 3 heterocycles. The van der Waals surface area contributed by atoms with Gasteiger partial charge in [0.25, 0.3) is 0 Å². The Morgan fingerprint density at radius 1 is 1.50 bits per heavy atom. The number of aromatic nitrogens is 2. The van der Waals surface area contributed by atoms with Gasteiger partial charge in [0.2, 0.25) is 5.91 Å². The summed E-state index contributed by atoms with van der Waals surface area (Å²) in [7, 11) is 0. The maximum Gasteiger partial charge on any atom is 0.240 e. The van der Waals surface area contributed by atoms with Crippen molar-refractivity contribution in [2.75, 3.05) is 18.4 Å². The van der Waals surface area contributed by atoms with Crippen LogP contribution in [0.1, 0.15) is 56.8 Å². The van der Waals surface area contributed by atoms with Crippen molar-refractivity contribution in [1.82, 2.24) is 15.0 Å². The molecule has 24 heavy (non-hydrogen) atoms. The Morgan fingerprint density at radius 2 is 2.29 bits per heavy atom. The average Bonchev–Trinajstić information content (AvgIpc) is 3.18. The summed E-state index contributed by atoms with van der Waals surface area (Å²) in [5.41, 5.74) is 1.91. The topological polar surface area (TPSA) is 71.3 Å². The molecular weight excluding hydrogens is 324 g/mol. The third-order valence-electron chi connectivity index (χ3n) is 4.22. The first-order chi connectivity index (χ1) is 11.3. The monoisotopic (exact) mass is 348 g/mol. The number of nitrogens with zero attached hydrogens (tertiary/aromatic N) is 3. The van der Waals surface area contributed by atoms with Crippen LogP contribution < -0.4 is 5.32 Å². The zero-order chi connectivity index (χ0) is 17.3. The lowest BCUT2D eigenvalue weighted by atomic mass is 9.93. The van der Waals surface area contributed by atoms with Gasteiger partial charge in [-0.15, -0.1) is 11.3 Å². The zero-order valence-electron chi connectivity index (χ0n) is 14.6. The van der Waals surface area contributed by atoms with E-state index in [9.17, 15) is 4.79 Å². The molecule has 0 radical (unpaired) electrons. The number of nitrogens with one attached hydrogen (secondary N) is 1. The van der Waals surface area contributed by atoms with Crippen LogP contribution in [0.2, 0.25) is 0 Å². The number of likely N-dealkylation sites (tertiary alicyclic amines) is 1. The van der Waals surface area contributed by atoms with E-state index in [0.717, 1.165) is 36.5 Å². The number of rotatable bonds is 4. The van der Waals surface area contributed by atoms with Gasteiger partial charge in [-0.25, -0.2) is 4.98 Å². The van der Waals surface area contributed by atoms with Gasteiger partial charge in [-0.1, -0.05) is 25.9 Å². The lowest BCUT2D eigenvalue weighted by Gasteiger charge is -2.21. The predicted octanol–water partition coefficient (Wildman–Crippen LogP) is 3.51. The summed E-state index contributed by atoms with van der Waals surface area (Å²) >= 11 is 1.47. The van der Waals surface area contributed by atoms with E-state index in [-0.39, 0.29) is 17.4 Å². The molecule has 1 aliphatic rings. The number of carbonyl (C=O) groups is 1. The molecule has 1 atom stereocenters. The Hall–Kier alpha value is -1.73. The van der Waals surface area contributed by atoms with Crippen LogP contribution in [0.5, 0.6) is 0 Å². The van der Waals surface area contributed by atoms with Crippen LogP contribution in [0.4, 0.5) is 5.13 Å². The maximum atomic E-state index is 12.4. The van der Waals surface area contributed by atoms with Crippen molar-refractivity contribution in [1.29, 1.82) is 0 Å². The Morgan fingerprint density at radius 3 is 2.92 bits per heavy atom. The molecule has 1 aliphatic heterocycles. The molecule has 6 nitrogen and oxygen atoms in total. The van der Waals surface area contributed by atoms with Crippen molar-refractivity contribution < 1.29 is 9.32 Å². The number of thiazole rings is 1. The number of anilines is 1. The molecule has 2 aromatic rings. The van der Waals surface area contributed by atoms with Crippen LogP contribution in [-0.2, 0) is 10.2 Å². The number of carbonyl (C=O) groups excluding carboxylic acids is 1. The van der Waals surface area contributed by atoms with Crippen molar-refractivity contribution in [3.05, 3.63) is 28.6 Å². The highest BCUT2D eigenvalue weighted by Gasteiger charge is 2.30. The molecule has 1 saturated heterocycles. The van der Waals surface area contributed by atoms with Gasteiger partial charge in [0, 0.05) is 16.9 Å². The Bertz CT molecular complexity index is 716. The average molecular weight is 348 g/mol. The van der Waals surface area contributed by atoms with Crippen molar-refractivity contribution in [3.63, 3.8) is 0 Å². The second-order valence-electron chi connectivity index (χ2n) is 7.33. The van der Waals surface area contributed by atoms with Crippen molar-refractivity contribution in [3.8, 4) is 0 Å². The molecule has 7 heteroatoms. The first kappa shape index (κ1) is 17.1. The molecule has 0 bridgehead atoms. The second kappa shape index (κ2) is 6.64. The first-order valence-corrected chi connectivity index (χ1v) is 9.14. The number of amides is 1. The standard InChI is InChI=1S/C17H24N4O2S/c1-11-8-12(20-23-11)13-6-5-7-21(13)9-15(22)19-16-18-14(10-24-16)17(2,3)4/h8,10,13H,5-7,9H2,1-4H3,(H,18,19,22)/t13-/m1/s1. The number of hydrogen-bond acceptors (Lipinski definition) is 6. The fourth-order valence-electron chi connectivity index (χ4n) is 2.91. The van der Waals surface area contributed by atoms with Gasteiger partial charge in [0.15, 0.2) is 5.13 Å². The van der Waals surface area contributed by atoms with E-state index in [4.69, 9.17) is 4.52 Å². The Labute approximate surface area is 146 Å². The lowest BCUT2D eigenvalue weighted by Crippen LogP contribution is -2.33. The summed E-state index contributed by atoms with van der Waals surface area (Å²) in [5.74, 6) is 0.774. The zero-order valence-corrected chi connectivity index (χ0v) is 15.4. The highest BCUT2D eigenvalue weighted by molar-refractivity contribution is 7.13. The summed E-state index contributed by atoms with van der Waals surface area (Å²) < 4.78 is 5.17. The molecule has 0 spiro atoms. The van der Waals surface area contributed by atoms with Gasteiger partial charge in [-0.05, 0) is 26.3 Å². The third kappa shape index (κ3) is 3.84. The highest BCUT2D eigenvalue weighted by Crippen LogP contribution is 2.31. The molecule has 1 amide bonds. The van der Waals surface area contributed by atoms with Gasteiger partial charge in [-0.3, -0.25) is 9.69 Å². The minimum Gasteiger partial charge on any atom is -0.361 e. The SMILES string of the molecule is Cc1cc([C@H]2CCCN2CC(=O)Nc2nc(C(C)(C)C)cs2)no1. The van der Waals surface area contributed by atoms with Crippen LogP contribution in [0.3, 0.4) is 0 Å². The van der Waals surface area contributed by atoms with Crippen LogP contribution in [-0.4, -0.2) is 34.0 Å². The Kier molecular flexibility index (Phi) is 4.73. The van der Waals surface area contributed by atoms with Crippen molar-refractivity contribution >= 4 is 22.4 Å². The van der Waals surface area contributed by atoms with E-state index in [2.05, 4.69) is 41.1 Å². The Balaban J connectivity index is 1.61. The van der Waals surface area contributed by atoms with E-state index in [0.29, 0.717) is 11.7 Å². The smallest absolute Gasteiger partial charge is 0.240 e. The third-order valence-corrected chi connectivity index (χ3v) is 4.97. The van der Waals surface area contributed by atoms with Gasteiger partial charge in [-0.2, -0.15) is 0 Å². The molecule has 0 aliphatic carbocycles. The molecule has 0 saturated carbocycles. The van der Waals surface area contributed by atoms with Crippen molar-refractivity contribution in [2.45, 2.75) is 52.0 Å². The molecule has 3 rings (SSSR count). The van der Waals surface area contributed by atoms with E-state index < -0.39 is 0 Å². The summed E-state index contributed by atoms with van der Waals surface area (Å²) in [5, 5.41) is 9.70. The maximum absolute atomic E-state index is 12.4. The first-order valence-electron chi connectivity index (χ1n) is 8.26. The van der Waals surface area contributed by atoms with E-state index in [1.807, 2.05) is 18.4 Å². The van der Waals surface area contributed by atoms with Crippen LogP contribution in [0.25, 0.3) is 0 Å². The van der Waals surface area contributed by atoms with Crippen LogP contribution in [0, 0.1) is 6.92 Å². The molecule has 0 unspecified atom stereocenters. The predicted molar refractivity (Wildman–Crippen MR) is 94.2 cm³/mol. The quantitative estimate of drug-likeness (QED) is 0.915. The van der Waals surface area contributed by atoms with Crippen LogP contribution >= 0.6 is 11.3 Å². The number of aryl methyl sites for hydroxylation is 1. The summed E-state index contributed by atoms with van der Waals surface area (Å²) in [6.45, 7) is 9.47. The van der Waals surface area contributed by atoms with E-state index >= 15 is 0 Å². The minimum absolute atomic E-state index is 0.00959. The molecule has 1 fully saturated rings. The van der Waals surface area contributed by atoms with Gasteiger partial charge in [0.1, 0.15) is 11.5 Å². The highest BCUT2D eigenvalue weighted by atomic mass is 32.1. The minimum atomic E-state index is -0.0306. The van der Waals surface area contributed by atoms with Gasteiger partial charge in [0.05, 0.1) is 18.3 Å². The molecule has 2 aromatic heterocycles. The summed E-state index contributed by atoms with van der Waals surface area (Å²) in [6, 6.07) is 2.12. The fraction of sp³-hybridized carbons (Fsp3) is 0.588. The normalized spacial score (nSPS) is 18.9. The fourth-order valence-corrected chi connectivity index (χ4v) is 3.87. The van der Waals surface area contributed by atoms with E-state index in [1.54, 1.807) is 0 Å². The molecule has 0 aromatic carbocycles.